The van der Waals surface area contributed by atoms with Crippen molar-refractivity contribution in [3.05, 3.63) is 29.6 Å². The highest BCUT2D eigenvalue weighted by atomic mass is 19.1. The molecule has 4 nitrogen and oxygen atoms in total. The Balaban J connectivity index is 3.16. The molecule has 0 atom stereocenters. The summed E-state index contributed by atoms with van der Waals surface area (Å²) in [7, 11) is 1.73. The van der Waals surface area contributed by atoms with Crippen molar-refractivity contribution >= 4 is 11.6 Å². The van der Waals surface area contributed by atoms with E-state index in [2.05, 4.69) is 0 Å². The van der Waals surface area contributed by atoms with E-state index >= 15 is 0 Å². The van der Waals surface area contributed by atoms with Gasteiger partial charge >= 0.3 is 0 Å². The molecule has 1 aromatic rings. The van der Waals surface area contributed by atoms with Gasteiger partial charge in [0.2, 0.25) is 0 Å². The summed E-state index contributed by atoms with van der Waals surface area (Å²) >= 11 is 0. The van der Waals surface area contributed by atoms with E-state index in [1.54, 1.807) is 18.0 Å². The quantitative estimate of drug-likeness (QED) is 0.753. The van der Waals surface area contributed by atoms with Crippen molar-refractivity contribution in [3.63, 3.8) is 0 Å². The van der Waals surface area contributed by atoms with Crippen LogP contribution in [0.1, 0.15) is 10.4 Å². The molecule has 0 fully saturated rings. The number of likely N-dealkylation sites (N-methyl/N-ethyl adjacent to an activating group) is 1. The van der Waals surface area contributed by atoms with Gasteiger partial charge in [0.25, 0.3) is 5.91 Å². The van der Waals surface area contributed by atoms with Crippen molar-refractivity contribution in [3.8, 4) is 0 Å². The Morgan fingerprint density at radius 3 is 2.73 bits per heavy atom. The van der Waals surface area contributed by atoms with Gasteiger partial charge in [-0.2, -0.15) is 0 Å². The van der Waals surface area contributed by atoms with Crippen molar-refractivity contribution < 1.29 is 9.18 Å². The number of anilines is 1. The topological polar surface area (TPSA) is 72.3 Å². The van der Waals surface area contributed by atoms with E-state index in [0.29, 0.717) is 18.8 Å². The van der Waals surface area contributed by atoms with E-state index in [1.165, 1.54) is 12.1 Å². The molecule has 0 saturated carbocycles. The molecule has 0 radical (unpaired) electrons. The van der Waals surface area contributed by atoms with E-state index in [0.717, 1.165) is 0 Å². The van der Waals surface area contributed by atoms with Crippen LogP contribution in [0.15, 0.2) is 18.2 Å². The maximum absolute atomic E-state index is 13.3. The molecular weight excluding hydrogens is 197 g/mol. The van der Waals surface area contributed by atoms with Crippen molar-refractivity contribution in [2.45, 2.75) is 0 Å². The minimum Gasteiger partial charge on any atom is -0.373 e. The normalized spacial score (nSPS) is 10.1. The molecule has 1 amide bonds. The average Bonchev–Trinajstić information content (AvgIpc) is 2.17. The summed E-state index contributed by atoms with van der Waals surface area (Å²) in [5.41, 5.74) is 10.9. The lowest BCUT2D eigenvalue weighted by atomic mass is 10.1. The zero-order valence-electron chi connectivity index (χ0n) is 8.53. The van der Waals surface area contributed by atoms with Crippen molar-refractivity contribution in [2.24, 2.45) is 11.5 Å². The molecule has 0 aliphatic carbocycles. The fourth-order valence-electron chi connectivity index (χ4n) is 1.39. The van der Waals surface area contributed by atoms with Gasteiger partial charge in [-0.15, -0.1) is 0 Å². The number of nitrogens with two attached hydrogens (primary N) is 2. The summed E-state index contributed by atoms with van der Waals surface area (Å²) in [6.07, 6.45) is 0. The fourth-order valence-corrected chi connectivity index (χ4v) is 1.39. The zero-order chi connectivity index (χ0) is 11.4. The molecule has 15 heavy (non-hydrogen) atoms. The smallest absolute Gasteiger partial charge is 0.253 e. The number of hydrogen-bond acceptors (Lipinski definition) is 3. The highest BCUT2D eigenvalue weighted by Gasteiger charge is 2.15. The fraction of sp³-hybridized carbons (Fsp3) is 0.300. The van der Waals surface area contributed by atoms with Gasteiger partial charge in [-0.25, -0.2) is 4.39 Å². The summed E-state index contributed by atoms with van der Waals surface area (Å²) in [5, 5.41) is 0. The van der Waals surface area contributed by atoms with Gasteiger partial charge in [-0.1, -0.05) is 6.07 Å². The third-order valence-electron chi connectivity index (χ3n) is 2.11. The number of hydrogen-bond donors (Lipinski definition) is 2. The molecule has 0 saturated heterocycles. The Kier molecular flexibility index (Phi) is 3.62. The Morgan fingerprint density at radius 2 is 2.20 bits per heavy atom. The molecule has 4 N–H and O–H groups in total. The average molecular weight is 211 g/mol. The van der Waals surface area contributed by atoms with E-state index in [1.807, 2.05) is 0 Å². The third kappa shape index (κ3) is 2.44. The van der Waals surface area contributed by atoms with Gasteiger partial charge in [0, 0.05) is 20.1 Å². The standard InChI is InChI=1S/C10H14FN3O/c1-14(6-5-12)8-4-2-3-7(11)9(8)10(13)15/h2-4H,5-6,12H2,1H3,(H2,13,15). The number of amides is 1. The third-order valence-corrected chi connectivity index (χ3v) is 2.11. The van der Waals surface area contributed by atoms with E-state index in [9.17, 15) is 9.18 Å². The molecule has 0 spiro atoms. The minimum absolute atomic E-state index is 0.0894. The zero-order valence-corrected chi connectivity index (χ0v) is 8.53. The predicted molar refractivity (Wildman–Crippen MR) is 57.2 cm³/mol. The predicted octanol–water partition coefficient (Wildman–Crippen LogP) is 0.319. The molecule has 0 heterocycles. The summed E-state index contributed by atoms with van der Waals surface area (Å²) in [4.78, 5) is 12.8. The Bertz CT molecular complexity index is 368. The second-order valence-corrected chi connectivity index (χ2v) is 3.21. The number of halogens is 1. The van der Waals surface area contributed by atoms with Crippen LogP contribution in [-0.4, -0.2) is 26.0 Å². The van der Waals surface area contributed by atoms with E-state index in [4.69, 9.17) is 11.5 Å². The van der Waals surface area contributed by atoms with Crippen LogP contribution in [0.5, 0.6) is 0 Å². The SMILES string of the molecule is CN(CCN)c1cccc(F)c1C(N)=O. The number of carbonyl (C=O) groups is 1. The second kappa shape index (κ2) is 4.75. The number of carbonyl (C=O) groups excluding carboxylic acids is 1. The summed E-state index contributed by atoms with van der Waals surface area (Å²) in [6, 6.07) is 4.38. The van der Waals surface area contributed by atoms with Gasteiger partial charge in [-0.3, -0.25) is 4.79 Å². The number of rotatable bonds is 4. The first-order valence-electron chi connectivity index (χ1n) is 4.57. The summed E-state index contributed by atoms with van der Waals surface area (Å²) in [5.74, 6) is -1.38. The Hall–Kier alpha value is -1.62. The summed E-state index contributed by atoms with van der Waals surface area (Å²) < 4.78 is 13.3. The van der Waals surface area contributed by atoms with Crippen LogP contribution in [0.25, 0.3) is 0 Å². The van der Waals surface area contributed by atoms with Gasteiger partial charge in [0.15, 0.2) is 0 Å². The van der Waals surface area contributed by atoms with Crippen LogP contribution in [0.4, 0.5) is 10.1 Å². The van der Waals surface area contributed by atoms with Crippen molar-refractivity contribution in [1.29, 1.82) is 0 Å². The van der Waals surface area contributed by atoms with Gasteiger partial charge in [0.05, 0.1) is 11.3 Å². The highest BCUT2D eigenvalue weighted by molar-refractivity contribution is 5.98. The van der Waals surface area contributed by atoms with Crippen molar-refractivity contribution in [2.75, 3.05) is 25.0 Å². The molecule has 0 aliphatic rings. The number of nitrogens with zero attached hydrogens (tertiary/aromatic N) is 1. The summed E-state index contributed by atoms with van der Waals surface area (Å²) in [6.45, 7) is 0.953. The maximum Gasteiger partial charge on any atom is 0.253 e. The van der Waals surface area contributed by atoms with Crippen molar-refractivity contribution in [1.82, 2.24) is 0 Å². The first kappa shape index (κ1) is 11.5. The molecule has 0 unspecified atom stereocenters. The minimum atomic E-state index is -0.771. The molecule has 5 heteroatoms. The molecule has 1 aromatic carbocycles. The van der Waals surface area contributed by atoms with Gasteiger partial charge in [-0.05, 0) is 12.1 Å². The highest BCUT2D eigenvalue weighted by Crippen LogP contribution is 2.21. The number of primary amides is 1. The van der Waals surface area contributed by atoms with Crippen LogP contribution in [-0.2, 0) is 0 Å². The first-order valence-corrected chi connectivity index (χ1v) is 4.57. The molecule has 1 rings (SSSR count). The van der Waals surface area contributed by atoms with Gasteiger partial charge < -0.3 is 16.4 Å². The maximum atomic E-state index is 13.3. The largest absolute Gasteiger partial charge is 0.373 e. The first-order chi connectivity index (χ1) is 7.07. The molecular formula is C10H14FN3O. The monoisotopic (exact) mass is 211 g/mol. The van der Waals surface area contributed by atoms with Crippen LogP contribution in [0.2, 0.25) is 0 Å². The van der Waals surface area contributed by atoms with Gasteiger partial charge in [0.1, 0.15) is 5.82 Å². The lowest BCUT2D eigenvalue weighted by Crippen LogP contribution is -2.28. The van der Waals surface area contributed by atoms with Crippen LogP contribution < -0.4 is 16.4 Å². The van der Waals surface area contributed by atoms with E-state index < -0.39 is 11.7 Å². The molecule has 0 bridgehead atoms. The molecule has 0 aromatic heterocycles. The van der Waals surface area contributed by atoms with Crippen LogP contribution in [0.3, 0.4) is 0 Å². The molecule has 82 valence electrons. The molecule has 0 aliphatic heterocycles. The Morgan fingerprint density at radius 1 is 1.53 bits per heavy atom. The van der Waals surface area contributed by atoms with E-state index in [-0.39, 0.29) is 5.56 Å². The van der Waals surface area contributed by atoms with Crippen LogP contribution >= 0.6 is 0 Å². The lowest BCUT2D eigenvalue weighted by Gasteiger charge is -2.20. The lowest BCUT2D eigenvalue weighted by molar-refractivity contribution is 0.0997. The Labute approximate surface area is 87.7 Å². The second-order valence-electron chi connectivity index (χ2n) is 3.21. The number of benzene rings is 1. The van der Waals surface area contributed by atoms with Crippen LogP contribution in [0, 0.1) is 5.82 Å².